The van der Waals surface area contributed by atoms with Crippen LogP contribution in [0.4, 0.5) is 10.1 Å². The summed E-state index contributed by atoms with van der Waals surface area (Å²) in [5.74, 6) is -0.192. The fraction of sp³-hybridized carbons (Fsp3) is 0.350. The molecule has 0 amide bonds. The van der Waals surface area contributed by atoms with Crippen LogP contribution in [0.2, 0.25) is 0 Å². The summed E-state index contributed by atoms with van der Waals surface area (Å²) < 4.78 is 13.0. The molecule has 0 bridgehead atoms. The first-order chi connectivity index (χ1) is 12.0. The highest BCUT2D eigenvalue weighted by molar-refractivity contribution is 7.80. The number of aryl methyl sites for hydroxylation is 2. The average molecular weight is 357 g/mol. The van der Waals surface area contributed by atoms with Gasteiger partial charge in [0, 0.05) is 25.3 Å². The van der Waals surface area contributed by atoms with E-state index in [0.29, 0.717) is 0 Å². The van der Waals surface area contributed by atoms with Crippen LogP contribution in [0.25, 0.3) is 0 Å². The van der Waals surface area contributed by atoms with Crippen LogP contribution >= 0.6 is 12.2 Å². The first kappa shape index (κ1) is 17.8. The van der Waals surface area contributed by atoms with E-state index in [2.05, 4.69) is 47.2 Å². The number of rotatable bonds is 3. The van der Waals surface area contributed by atoms with Crippen LogP contribution in [0, 0.1) is 19.7 Å². The van der Waals surface area contributed by atoms with Crippen molar-refractivity contribution in [3.05, 3.63) is 65.0 Å². The van der Waals surface area contributed by atoms with Crippen molar-refractivity contribution in [3.8, 4) is 0 Å². The highest BCUT2D eigenvalue weighted by Gasteiger charge is 2.19. The van der Waals surface area contributed by atoms with E-state index < -0.39 is 0 Å². The molecule has 0 aliphatic carbocycles. The molecule has 3 nitrogen and oxygen atoms in total. The van der Waals surface area contributed by atoms with E-state index in [9.17, 15) is 4.39 Å². The van der Waals surface area contributed by atoms with Gasteiger partial charge in [-0.2, -0.15) is 0 Å². The molecule has 0 unspecified atom stereocenters. The Balaban J connectivity index is 1.60. The minimum atomic E-state index is -0.192. The van der Waals surface area contributed by atoms with Crippen molar-refractivity contribution >= 4 is 23.0 Å². The average Bonchev–Trinajstić information content (AvgIpc) is 2.56. The Labute approximate surface area is 154 Å². The van der Waals surface area contributed by atoms with Gasteiger partial charge in [-0.05, 0) is 73.4 Å². The van der Waals surface area contributed by atoms with E-state index in [1.807, 2.05) is 12.1 Å². The van der Waals surface area contributed by atoms with Gasteiger partial charge in [-0.15, -0.1) is 0 Å². The lowest BCUT2D eigenvalue weighted by Crippen LogP contribution is -2.48. The molecule has 0 saturated carbocycles. The molecule has 1 saturated heterocycles. The molecule has 2 aromatic rings. The summed E-state index contributed by atoms with van der Waals surface area (Å²) in [6, 6.07) is 13.1. The van der Waals surface area contributed by atoms with E-state index in [4.69, 9.17) is 12.2 Å². The van der Waals surface area contributed by atoms with Crippen molar-refractivity contribution < 1.29 is 4.39 Å². The van der Waals surface area contributed by atoms with E-state index in [-0.39, 0.29) is 5.82 Å². The lowest BCUT2D eigenvalue weighted by atomic mass is 10.1. The molecule has 0 aromatic heterocycles. The van der Waals surface area contributed by atoms with Crippen LogP contribution in [0.3, 0.4) is 0 Å². The van der Waals surface area contributed by atoms with Gasteiger partial charge >= 0.3 is 0 Å². The predicted octanol–water partition coefficient (Wildman–Crippen LogP) is 4.30. The van der Waals surface area contributed by atoms with Crippen molar-refractivity contribution in [1.29, 1.82) is 0 Å². The van der Waals surface area contributed by atoms with Gasteiger partial charge < -0.3 is 10.2 Å². The molecule has 0 atom stereocenters. The molecule has 1 aliphatic heterocycles. The predicted molar refractivity (Wildman–Crippen MR) is 105 cm³/mol. The summed E-state index contributed by atoms with van der Waals surface area (Å²) in [4.78, 5) is 4.53. The first-order valence-corrected chi connectivity index (χ1v) is 9.01. The summed E-state index contributed by atoms with van der Waals surface area (Å²) in [7, 11) is 0. The number of nitrogens with one attached hydrogen (secondary N) is 1. The Bertz CT molecular complexity index is 725. The topological polar surface area (TPSA) is 18.5 Å². The third-order valence-corrected chi connectivity index (χ3v) is 4.71. The summed E-state index contributed by atoms with van der Waals surface area (Å²) >= 11 is 5.62. The number of halogens is 1. The quantitative estimate of drug-likeness (QED) is 0.825. The minimum absolute atomic E-state index is 0.192. The zero-order valence-electron chi connectivity index (χ0n) is 14.8. The van der Waals surface area contributed by atoms with Crippen molar-refractivity contribution in [2.75, 3.05) is 25.1 Å². The first-order valence-electron chi connectivity index (χ1n) is 8.60. The van der Waals surface area contributed by atoms with Crippen LogP contribution in [-0.4, -0.2) is 34.7 Å². The molecule has 0 radical (unpaired) electrons. The number of hydrogen-bond donors (Lipinski definition) is 1. The summed E-state index contributed by atoms with van der Waals surface area (Å²) in [5.41, 5.74) is 4.61. The molecule has 132 valence electrons. The van der Waals surface area contributed by atoms with Crippen LogP contribution < -0.4 is 5.32 Å². The van der Waals surface area contributed by atoms with Gasteiger partial charge in [0.2, 0.25) is 0 Å². The molecule has 25 heavy (non-hydrogen) atoms. The molecular formula is C20H24FN3S. The SMILES string of the molecule is Cc1cc(C)cc(NC(=S)N2CCCN(Cc3ccc(F)cc3)C2)c1. The molecule has 2 aromatic carbocycles. The highest BCUT2D eigenvalue weighted by atomic mass is 32.1. The summed E-state index contributed by atoms with van der Waals surface area (Å²) in [6.45, 7) is 7.76. The molecule has 0 spiro atoms. The number of benzene rings is 2. The second kappa shape index (κ2) is 7.93. The lowest BCUT2D eigenvalue weighted by Gasteiger charge is -2.37. The second-order valence-corrected chi connectivity index (χ2v) is 7.13. The van der Waals surface area contributed by atoms with E-state index in [0.717, 1.165) is 49.1 Å². The van der Waals surface area contributed by atoms with Gasteiger partial charge in [0.25, 0.3) is 0 Å². The Morgan fingerprint density at radius 2 is 1.76 bits per heavy atom. The van der Waals surface area contributed by atoms with Gasteiger partial charge in [-0.3, -0.25) is 4.90 Å². The van der Waals surface area contributed by atoms with Gasteiger partial charge in [0.15, 0.2) is 5.11 Å². The normalized spacial score (nSPS) is 15.2. The molecule has 1 aliphatic rings. The fourth-order valence-electron chi connectivity index (χ4n) is 3.26. The smallest absolute Gasteiger partial charge is 0.174 e. The van der Waals surface area contributed by atoms with Crippen molar-refractivity contribution in [2.24, 2.45) is 0 Å². The fourth-order valence-corrected chi connectivity index (χ4v) is 3.53. The number of nitrogens with zero attached hydrogens (tertiary/aromatic N) is 2. The maximum atomic E-state index is 13.0. The third kappa shape index (κ3) is 5.00. The Kier molecular flexibility index (Phi) is 5.66. The maximum Gasteiger partial charge on any atom is 0.174 e. The molecule has 1 heterocycles. The van der Waals surface area contributed by atoms with Crippen LogP contribution in [0.5, 0.6) is 0 Å². The Hall–Kier alpha value is -1.98. The molecular weight excluding hydrogens is 333 g/mol. The van der Waals surface area contributed by atoms with Crippen LogP contribution in [0.1, 0.15) is 23.1 Å². The summed E-state index contributed by atoms with van der Waals surface area (Å²) in [5, 5.41) is 4.12. The monoisotopic (exact) mass is 357 g/mol. The van der Waals surface area contributed by atoms with Crippen LogP contribution in [0.15, 0.2) is 42.5 Å². The molecule has 1 N–H and O–H groups in total. The number of anilines is 1. The number of thiocarbonyl (C=S) groups is 1. The molecule has 1 fully saturated rings. The third-order valence-electron chi connectivity index (χ3n) is 4.35. The van der Waals surface area contributed by atoms with Crippen LogP contribution in [-0.2, 0) is 6.54 Å². The van der Waals surface area contributed by atoms with E-state index in [1.165, 1.54) is 23.3 Å². The zero-order chi connectivity index (χ0) is 17.8. The molecule has 3 rings (SSSR count). The van der Waals surface area contributed by atoms with Gasteiger partial charge in [-0.1, -0.05) is 18.2 Å². The largest absolute Gasteiger partial charge is 0.336 e. The zero-order valence-corrected chi connectivity index (χ0v) is 15.6. The van der Waals surface area contributed by atoms with E-state index in [1.54, 1.807) is 0 Å². The van der Waals surface area contributed by atoms with Gasteiger partial charge in [0.1, 0.15) is 5.82 Å². The minimum Gasteiger partial charge on any atom is -0.336 e. The van der Waals surface area contributed by atoms with Gasteiger partial charge in [-0.25, -0.2) is 4.39 Å². The van der Waals surface area contributed by atoms with Gasteiger partial charge in [0.05, 0.1) is 6.67 Å². The van der Waals surface area contributed by atoms with Crippen molar-refractivity contribution in [1.82, 2.24) is 9.80 Å². The Morgan fingerprint density at radius 3 is 2.44 bits per heavy atom. The standard InChI is InChI=1S/C20H24FN3S/c1-15-10-16(2)12-19(11-15)22-20(25)24-9-3-8-23(14-24)13-17-4-6-18(21)7-5-17/h4-7,10-12H,3,8-9,13-14H2,1-2H3,(H,22,25). The van der Waals surface area contributed by atoms with Crippen molar-refractivity contribution in [3.63, 3.8) is 0 Å². The van der Waals surface area contributed by atoms with E-state index >= 15 is 0 Å². The molecule has 5 heteroatoms. The maximum absolute atomic E-state index is 13.0. The number of hydrogen-bond acceptors (Lipinski definition) is 2. The van der Waals surface area contributed by atoms with Crippen molar-refractivity contribution in [2.45, 2.75) is 26.8 Å². The second-order valence-electron chi connectivity index (χ2n) is 6.74. The Morgan fingerprint density at radius 1 is 1.08 bits per heavy atom. The highest BCUT2D eigenvalue weighted by Crippen LogP contribution is 2.17. The lowest BCUT2D eigenvalue weighted by molar-refractivity contribution is 0.134. The summed E-state index contributed by atoms with van der Waals surface area (Å²) in [6.07, 6.45) is 1.07.